The maximum Gasteiger partial charge on any atom is 0.259 e. The number of pyridine rings is 1. The number of amides is 1. The van der Waals surface area contributed by atoms with Crippen molar-refractivity contribution in [3.63, 3.8) is 0 Å². The first-order chi connectivity index (χ1) is 9.24. The molecule has 0 aliphatic heterocycles. The topological polar surface area (TPSA) is 104 Å². The average molecular weight is 253 g/mol. The molecule has 0 aliphatic rings. The summed E-state index contributed by atoms with van der Waals surface area (Å²) in [5.74, 6) is 5.00. The number of anilines is 2. The molecular weight excluding hydrogens is 242 g/mol. The van der Waals surface area contributed by atoms with E-state index in [1.54, 1.807) is 30.3 Å². The molecule has 6 nitrogen and oxygen atoms in total. The highest BCUT2D eigenvalue weighted by atomic mass is 16.1. The predicted molar refractivity (Wildman–Crippen MR) is 71.2 cm³/mol. The van der Waals surface area contributed by atoms with E-state index in [2.05, 4.69) is 15.7 Å². The van der Waals surface area contributed by atoms with Crippen molar-refractivity contribution in [3.8, 4) is 6.07 Å². The van der Waals surface area contributed by atoms with Crippen LogP contribution in [0.25, 0.3) is 0 Å². The van der Waals surface area contributed by atoms with Gasteiger partial charge in [-0.25, -0.2) is 0 Å². The lowest BCUT2D eigenvalue weighted by Gasteiger charge is -2.08. The summed E-state index contributed by atoms with van der Waals surface area (Å²) in [5, 5.41) is 11.4. The minimum absolute atomic E-state index is 0.328. The van der Waals surface area contributed by atoms with Gasteiger partial charge in [0, 0.05) is 18.1 Å². The van der Waals surface area contributed by atoms with Crippen molar-refractivity contribution < 1.29 is 4.79 Å². The molecular formula is C13H11N5O. The minimum atomic E-state index is -0.328. The molecule has 1 aromatic heterocycles. The molecule has 94 valence electrons. The molecule has 1 heterocycles. The highest BCUT2D eigenvalue weighted by Gasteiger charge is 2.11. The van der Waals surface area contributed by atoms with E-state index in [9.17, 15) is 4.79 Å². The smallest absolute Gasteiger partial charge is 0.259 e. The third-order valence-electron chi connectivity index (χ3n) is 2.49. The molecule has 6 heteroatoms. The maximum absolute atomic E-state index is 12.0. The first-order valence-electron chi connectivity index (χ1n) is 5.46. The van der Waals surface area contributed by atoms with Crippen LogP contribution in [0.15, 0.2) is 42.7 Å². The summed E-state index contributed by atoms with van der Waals surface area (Å²) in [7, 11) is 0. The molecule has 0 saturated carbocycles. The molecule has 1 amide bonds. The second-order valence-corrected chi connectivity index (χ2v) is 3.71. The van der Waals surface area contributed by atoms with Gasteiger partial charge in [0.15, 0.2) is 0 Å². The van der Waals surface area contributed by atoms with Crippen LogP contribution in [0.2, 0.25) is 0 Å². The SMILES string of the molecule is N#Cc1ccc(NC(=O)c2cnccc2NN)cc1. The maximum atomic E-state index is 12.0. The van der Waals surface area contributed by atoms with E-state index in [1.165, 1.54) is 12.4 Å². The number of rotatable bonds is 3. The van der Waals surface area contributed by atoms with Crippen LogP contribution in [0.1, 0.15) is 15.9 Å². The fourth-order valence-corrected chi connectivity index (χ4v) is 1.53. The summed E-state index contributed by atoms with van der Waals surface area (Å²) in [4.78, 5) is 15.9. The lowest BCUT2D eigenvalue weighted by molar-refractivity contribution is 0.102. The zero-order chi connectivity index (χ0) is 13.7. The zero-order valence-electron chi connectivity index (χ0n) is 9.92. The number of hydrazine groups is 1. The molecule has 1 aromatic carbocycles. The number of nitrogens with zero attached hydrogens (tertiary/aromatic N) is 2. The number of benzene rings is 1. The van der Waals surface area contributed by atoms with Crippen molar-refractivity contribution >= 4 is 17.3 Å². The minimum Gasteiger partial charge on any atom is -0.323 e. The highest BCUT2D eigenvalue weighted by Crippen LogP contribution is 2.15. The lowest BCUT2D eigenvalue weighted by atomic mass is 10.2. The van der Waals surface area contributed by atoms with E-state index in [0.29, 0.717) is 22.5 Å². The normalized spacial score (nSPS) is 9.47. The molecule has 0 aliphatic carbocycles. The summed E-state index contributed by atoms with van der Waals surface area (Å²) in [5.41, 5.74) is 4.39. The summed E-state index contributed by atoms with van der Waals surface area (Å²) in [6.45, 7) is 0. The summed E-state index contributed by atoms with van der Waals surface area (Å²) in [6.07, 6.45) is 2.96. The van der Waals surface area contributed by atoms with E-state index < -0.39 is 0 Å². The van der Waals surface area contributed by atoms with E-state index in [1.807, 2.05) is 6.07 Å². The van der Waals surface area contributed by atoms with Gasteiger partial charge in [0.2, 0.25) is 0 Å². The number of nitrogens with two attached hydrogens (primary N) is 1. The molecule has 0 bridgehead atoms. The highest BCUT2D eigenvalue weighted by molar-refractivity contribution is 6.07. The van der Waals surface area contributed by atoms with Crippen LogP contribution in [-0.2, 0) is 0 Å². The molecule has 4 N–H and O–H groups in total. The Balaban J connectivity index is 2.18. The fourth-order valence-electron chi connectivity index (χ4n) is 1.53. The Labute approximate surface area is 109 Å². The molecule has 2 rings (SSSR count). The largest absolute Gasteiger partial charge is 0.323 e. The van der Waals surface area contributed by atoms with Gasteiger partial charge in [-0.2, -0.15) is 5.26 Å². The van der Waals surface area contributed by atoms with E-state index >= 15 is 0 Å². The van der Waals surface area contributed by atoms with Gasteiger partial charge >= 0.3 is 0 Å². The second kappa shape index (κ2) is 5.62. The summed E-state index contributed by atoms with van der Waals surface area (Å²) in [6, 6.07) is 10.2. The molecule has 0 fully saturated rings. The van der Waals surface area contributed by atoms with Crippen molar-refractivity contribution in [2.24, 2.45) is 5.84 Å². The Bertz CT molecular complexity index is 630. The van der Waals surface area contributed by atoms with Gasteiger partial charge in [-0.15, -0.1) is 0 Å². The number of carbonyl (C=O) groups is 1. The van der Waals surface area contributed by atoms with Gasteiger partial charge in [0.25, 0.3) is 5.91 Å². The average Bonchev–Trinajstić information content (AvgIpc) is 2.48. The zero-order valence-corrected chi connectivity index (χ0v) is 9.92. The monoisotopic (exact) mass is 253 g/mol. The number of hydrogen-bond donors (Lipinski definition) is 3. The summed E-state index contributed by atoms with van der Waals surface area (Å²) < 4.78 is 0. The van der Waals surface area contributed by atoms with Crippen LogP contribution in [0.4, 0.5) is 11.4 Å². The number of nitrogen functional groups attached to an aromatic ring is 1. The molecule has 0 saturated heterocycles. The van der Waals surface area contributed by atoms with Gasteiger partial charge in [-0.3, -0.25) is 15.6 Å². The van der Waals surface area contributed by atoms with Crippen LogP contribution in [0.3, 0.4) is 0 Å². The lowest BCUT2D eigenvalue weighted by Crippen LogP contribution is -2.17. The van der Waals surface area contributed by atoms with E-state index in [0.717, 1.165) is 0 Å². The van der Waals surface area contributed by atoms with Crippen molar-refractivity contribution in [1.29, 1.82) is 5.26 Å². The number of carbonyl (C=O) groups excluding carboxylic acids is 1. The van der Waals surface area contributed by atoms with Crippen molar-refractivity contribution in [3.05, 3.63) is 53.9 Å². The van der Waals surface area contributed by atoms with Crippen LogP contribution in [-0.4, -0.2) is 10.9 Å². The Morgan fingerprint density at radius 2 is 2.00 bits per heavy atom. The van der Waals surface area contributed by atoms with E-state index in [-0.39, 0.29) is 5.91 Å². The first-order valence-corrected chi connectivity index (χ1v) is 5.46. The van der Waals surface area contributed by atoms with Crippen LogP contribution >= 0.6 is 0 Å². The third kappa shape index (κ3) is 2.86. The fraction of sp³-hybridized carbons (Fsp3) is 0. The Morgan fingerprint density at radius 1 is 1.26 bits per heavy atom. The van der Waals surface area contributed by atoms with Crippen LogP contribution in [0, 0.1) is 11.3 Å². The van der Waals surface area contributed by atoms with Crippen molar-refractivity contribution in [1.82, 2.24) is 4.98 Å². The number of nitrogens with one attached hydrogen (secondary N) is 2. The summed E-state index contributed by atoms with van der Waals surface area (Å²) >= 11 is 0. The third-order valence-corrected chi connectivity index (χ3v) is 2.49. The van der Waals surface area contributed by atoms with Crippen LogP contribution < -0.4 is 16.6 Å². The van der Waals surface area contributed by atoms with Crippen molar-refractivity contribution in [2.75, 3.05) is 10.7 Å². The van der Waals surface area contributed by atoms with Crippen molar-refractivity contribution in [2.45, 2.75) is 0 Å². The van der Waals surface area contributed by atoms with E-state index in [4.69, 9.17) is 11.1 Å². The Morgan fingerprint density at radius 3 is 2.63 bits per heavy atom. The quantitative estimate of drug-likeness (QED) is 0.568. The molecule has 2 aromatic rings. The van der Waals surface area contributed by atoms with Gasteiger partial charge in [-0.1, -0.05) is 0 Å². The molecule has 0 spiro atoms. The Kier molecular flexibility index (Phi) is 3.71. The predicted octanol–water partition coefficient (Wildman–Crippen LogP) is 1.49. The Hall–Kier alpha value is -2.91. The number of hydrogen-bond acceptors (Lipinski definition) is 5. The van der Waals surface area contributed by atoms with Crippen LogP contribution in [0.5, 0.6) is 0 Å². The molecule has 0 atom stereocenters. The molecule has 19 heavy (non-hydrogen) atoms. The first kappa shape index (κ1) is 12.5. The van der Waals surface area contributed by atoms with Gasteiger partial charge in [0.1, 0.15) is 0 Å². The number of nitriles is 1. The molecule has 0 radical (unpaired) electrons. The second-order valence-electron chi connectivity index (χ2n) is 3.71. The standard InChI is InChI=1S/C13H11N5O/c14-7-9-1-3-10(4-2-9)17-13(19)11-8-16-6-5-12(11)18-15/h1-6,8H,15H2,(H,16,18)(H,17,19). The van der Waals surface area contributed by atoms with Gasteiger partial charge in [0.05, 0.1) is 22.9 Å². The van der Waals surface area contributed by atoms with Gasteiger partial charge in [-0.05, 0) is 30.3 Å². The number of aromatic nitrogens is 1. The molecule has 0 unspecified atom stereocenters. The van der Waals surface area contributed by atoms with Gasteiger partial charge < -0.3 is 10.7 Å².